The molecule has 0 spiro atoms. The van der Waals surface area contributed by atoms with E-state index in [9.17, 15) is 0 Å². The molecule has 0 aliphatic carbocycles. The summed E-state index contributed by atoms with van der Waals surface area (Å²) >= 11 is 0. The van der Waals surface area contributed by atoms with Gasteiger partial charge < -0.3 is 15.7 Å². The van der Waals surface area contributed by atoms with Gasteiger partial charge in [-0.2, -0.15) is 0 Å². The quantitative estimate of drug-likeness (QED) is 0.833. The number of rotatable bonds is 3. The number of likely N-dealkylation sites (tertiary alicyclic amines) is 1. The largest absolute Gasteiger partial charge is 0.394 e. The number of aliphatic hydroxyl groups excluding tert-OH is 1. The van der Waals surface area contributed by atoms with Crippen molar-refractivity contribution in [2.24, 2.45) is 5.73 Å². The summed E-state index contributed by atoms with van der Waals surface area (Å²) in [4.78, 5) is 2.37. The van der Waals surface area contributed by atoms with Crippen molar-refractivity contribution in [2.75, 3.05) is 26.7 Å². The van der Waals surface area contributed by atoms with E-state index in [1.54, 1.807) is 0 Å². The van der Waals surface area contributed by atoms with Crippen molar-refractivity contribution in [1.29, 1.82) is 0 Å². The first-order valence-electron chi connectivity index (χ1n) is 6.35. The van der Waals surface area contributed by atoms with Crippen molar-refractivity contribution in [3.63, 3.8) is 0 Å². The molecule has 1 saturated heterocycles. The van der Waals surface area contributed by atoms with Crippen LogP contribution in [0.5, 0.6) is 0 Å². The smallest absolute Gasteiger partial charge is 0.0624 e. The number of benzene rings is 1. The van der Waals surface area contributed by atoms with Crippen LogP contribution in [0.2, 0.25) is 0 Å². The van der Waals surface area contributed by atoms with E-state index in [1.807, 2.05) is 6.07 Å². The zero-order chi connectivity index (χ0) is 12.3. The van der Waals surface area contributed by atoms with Crippen molar-refractivity contribution in [3.8, 4) is 0 Å². The van der Waals surface area contributed by atoms with E-state index >= 15 is 0 Å². The molecule has 1 aromatic carbocycles. The molecule has 17 heavy (non-hydrogen) atoms. The van der Waals surface area contributed by atoms with Gasteiger partial charge in [0.1, 0.15) is 0 Å². The van der Waals surface area contributed by atoms with Crippen molar-refractivity contribution in [2.45, 2.75) is 24.8 Å². The van der Waals surface area contributed by atoms with Gasteiger partial charge in [-0.1, -0.05) is 24.3 Å². The summed E-state index contributed by atoms with van der Waals surface area (Å²) in [6.07, 6.45) is 2.43. The molecule has 1 heterocycles. The Morgan fingerprint density at radius 3 is 2.76 bits per heavy atom. The number of hydrogen-bond acceptors (Lipinski definition) is 3. The van der Waals surface area contributed by atoms with Gasteiger partial charge in [-0.25, -0.2) is 0 Å². The minimum atomic E-state index is -0.249. The molecule has 0 saturated carbocycles. The van der Waals surface area contributed by atoms with Crippen molar-refractivity contribution in [1.82, 2.24) is 4.90 Å². The summed E-state index contributed by atoms with van der Waals surface area (Å²) in [5.74, 6) is 0.650. The normalized spacial score (nSPS) is 20.4. The van der Waals surface area contributed by atoms with E-state index < -0.39 is 0 Å². The van der Waals surface area contributed by atoms with Crippen molar-refractivity contribution in [3.05, 3.63) is 35.4 Å². The Labute approximate surface area is 103 Å². The third kappa shape index (κ3) is 3.06. The minimum absolute atomic E-state index is 0.0108. The lowest BCUT2D eigenvalue weighted by atomic mass is 9.88. The minimum Gasteiger partial charge on any atom is -0.394 e. The third-order valence-electron chi connectivity index (χ3n) is 3.73. The summed E-state index contributed by atoms with van der Waals surface area (Å²) in [6.45, 7) is 2.35. The SMILES string of the molecule is CN1CCC(c2cccc(C(N)CO)c2)CC1. The molecular formula is C14H22N2O. The fourth-order valence-corrected chi connectivity index (χ4v) is 2.49. The lowest BCUT2D eigenvalue weighted by Gasteiger charge is -2.29. The zero-order valence-electron chi connectivity index (χ0n) is 10.5. The fraction of sp³-hybridized carbons (Fsp3) is 0.571. The average Bonchev–Trinajstić information content (AvgIpc) is 2.39. The number of nitrogens with two attached hydrogens (primary N) is 1. The van der Waals surface area contributed by atoms with Gasteiger partial charge in [0.25, 0.3) is 0 Å². The monoisotopic (exact) mass is 234 g/mol. The van der Waals surface area contributed by atoms with Gasteiger partial charge in [-0.3, -0.25) is 0 Å². The Morgan fingerprint density at radius 1 is 1.41 bits per heavy atom. The van der Waals surface area contributed by atoms with Crippen LogP contribution in [0, 0.1) is 0 Å². The molecular weight excluding hydrogens is 212 g/mol. The molecule has 0 amide bonds. The first-order chi connectivity index (χ1) is 8.20. The molecule has 1 fully saturated rings. The molecule has 0 aromatic heterocycles. The highest BCUT2D eigenvalue weighted by molar-refractivity contribution is 5.28. The van der Waals surface area contributed by atoms with Gasteiger partial charge in [0.05, 0.1) is 12.6 Å². The van der Waals surface area contributed by atoms with E-state index in [0.29, 0.717) is 5.92 Å². The predicted molar refractivity (Wildman–Crippen MR) is 69.9 cm³/mol. The van der Waals surface area contributed by atoms with Gasteiger partial charge in [0.15, 0.2) is 0 Å². The fourth-order valence-electron chi connectivity index (χ4n) is 2.49. The molecule has 1 aliphatic heterocycles. The summed E-state index contributed by atoms with van der Waals surface area (Å²) in [6, 6.07) is 8.15. The van der Waals surface area contributed by atoms with Crippen LogP contribution in [0.1, 0.15) is 35.9 Å². The third-order valence-corrected chi connectivity index (χ3v) is 3.73. The van der Waals surface area contributed by atoms with E-state index in [2.05, 4.69) is 30.1 Å². The molecule has 0 bridgehead atoms. The summed E-state index contributed by atoms with van der Waals surface area (Å²) < 4.78 is 0. The molecule has 1 aliphatic rings. The van der Waals surface area contributed by atoms with E-state index in [0.717, 1.165) is 5.56 Å². The standard InChI is InChI=1S/C14H22N2O/c1-16-7-5-11(6-8-16)12-3-2-4-13(9-12)14(15)10-17/h2-4,9,11,14,17H,5-8,10,15H2,1H3. The van der Waals surface area contributed by atoms with Crippen molar-refractivity contribution >= 4 is 0 Å². The first-order valence-corrected chi connectivity index (χ1v) is 6.35. The molecule has 3 N–H and O–H groups in total. The van der Waals surface area contributed by atoms with Gasteiger partial charge >= 0.3 is 0 Å². The van der Waals surface area contributed by atoms with Crippen LogP contribution in [0.15, 0.2) is 24.3 Å². The van der Waals surface area contributed by atoms with Crippen LogP contribution < -0.4 is 5.73 Å². The van der Waals surface area contributed by atoms with Crippen LogP contribution in [0.4, 0.5) is 0 Å². The van der Waals surface area contributed by atoms with E-state index in [4.69, 9.17) is 10.8 Å². The summed E-state index contributed by atoms with van der Waals surface area (Å²) in [5.41, 5.74) is 8.28. The topological polar surface area (TPSA) is 49.5 Å². The maximum atomic E-state index is 9.09. The van der Waals surface area contributed by atoms with Crippen LogP contribution in [0.25, 0.3) is 0 Å². The lowest BCUT2D eigenvalue weighted by Crippen LogP contribution is -2.29. The highest BCUT2D eigenvalue weighted by Gasteiger charge is 2.18. The molecule has 2 rings (SSSR count). The maximum absolute atomic E-state index is 9.09. The second-order valence-electron chi connectivity index (χ2n) is 5.04. The Morgan fingerprint density at radius 2 is 2.12 bits per heavy atom. The van der Waals surface area contributed by atoms with Crippen LogP contribution in [-0.4, -0.2) is 36.8 Å². The molecule has 1 atom stereocenters. The van der Waals surface area contributed by atoms with E-state index in [1.165, 1.54) is 31.5 Å². The Hall–Kier alpha value is -0.900. The van der Waals surface area contributed by atoms with Crippen molar-refractivity contribution < 1.29 is 5.11 Å². The van der Waals surface area contributed by atoms with Gasteiger partial charge in [0.2, 0.25) is 0 Å². The highest BCUT2D eigenvalue weighted by atomic mass is 16.3. The molecule has 1 unspecified atom stereocenters. The molecule has 1 aromatic rings. The van der Waals surface area contributed by atoms with Crippen LogP contribution >= 0.6 is 0 Å². The number of nitrogens with zero attached hydrogens (tertiary/aromatic N) is 1. The van der Waals surface area contributed by atoms with Crippen LogP contribution in [0.3, 0.4) is 0 Å². The average molecular weight is 234 g/mol. The molecule has 0 radical (unpaired) electrons. The zero-order valence-corrected chi connectivity index (χ0v) is 10.5. The highest BCUT2D eigenvalue weighted by Crippen LogP contribution is 2.28. The molecule has 3 heteroatoms. The van der Waals surface area contributed by atoms with E-state index in [-0.39, 0.29) is 12.6 Å². The number of hydrogen-bond donors (Lipinski definition) is 2. The summed E-state index contributed by atoms with van der Waals surface area (Å²) in [5, 5.41) is 9.09. The second kappa shape index (κ2) is 5.63. The Kier molecular flexibility index (Phi) is 4.15. The number of aliphatic hydroxyl groups is 1. The Balaban J connectivity index is 2.10. The molecule has 94 valence electrons. The Bertz CT molecular complexity index is 359. The first kappa shape index (κ1) is 12.6. The van der Waals surface area contributed by atoms with Gasteiger partial charge in [-0.15, -0.1) is 0 Å². The van der Waals surface area contributed by atoms with Crippen LogP contribution in [-0.2, 0) is 0 Å². The van der Waals surface area contributed by atoms with Gasteiger partial charge in [-0.05, 0) is 50.0 Å². The lowest BCUT2D eigenvalue weighted by molar-refractivity contribution is 0.255. The molecule has 3 nitrogen and oxygen atoms in total. The predicted octanol–water partition coefficient (Wildman–Crippen LogP) is 1.49. The second-order valence-corrected chi connectivity index (χ2v) is 5.04. The summed E-state index contributed by atoms with van der Waals surface area (Å²) in [7, 11) is 2.17. The van der Waals surface area contributed by atoms with Gasteiger partial charge in [0, 0.05) is 0 Å². The number of piperidine rings is 1. The maximum Gasteiger partial charge on any atom is 0.0624 e.